The molecule has 10 heteroatoms. The van der Waals surface area contributed by atoms with Crippen molar-refractivity contribution in [3.05, 3.63) is 16.1 Å². The van der Waals surface area contributed by atoms with Gasteiger partial charge in [-0.15, -0.1) is 11.3 Å². The second-order valence-corrected chi connectivity index (χ2v) is 4.73. The highest BCUT2D eigenvalue weighted by Crippen LogP contribution is 2.36. The molecular formula is C10H12F6N2OS. The SMILES string of the molecule is CCNCc1nc(COC(C(F)(F)F)C(F)(F)F)cs1. The van der Waals surface area contributed by atoms with Crippen molar-refractivity contribution in [2.24, 2.45) is 0 Å². The highest BCUT2D eigenvalue weighted by Gasteiger charge is 2.58. The van der Waals surface area contributed by atoms with E-state index in [4.69, 9.17) is 0 Å². The lowest BCUT2D eigenvalue weighted by atomic mass is 10.3. The molecule has 20 heavy (non-hydrogen) atoms. The van der Waals surface area contributed by atoms with E-state index in [9.17, 15) is 26.3 Å². The van der Waals surface area contributed by atoms with Gasteiger partial charge in [-0.1, -0.05) is 6.92 Å². The van der Waals surface area contributed by atoms with Crippen LogP contribution in [0.1, 0.15) is 17.6 Å². The molecule has 0 aliphatic heterocycles. The van der Waals surface area contributed by atoms with Gasteiger partial charge >= 0.3 is 12.4 Å². The van der Waals surface area contributed by atoms with E-state index < -0.39 is 25.1 Å². The van der Waals surface area contributed by atoms with Crippen LogP contribution in [0.3, 0.4) is 0 Å². The molecule has 0 saturated carbocycles. The van der Waals surface area contributed by atoms with Gasteiger partial charge < -0.3 is 10.1 Å². The number of hydrogen-bond donors (Lipinski definition) is 1. The number of alkyl halides is 6. The summed E-state index contributed by atoms with van der Waals surface area (Å²) in [5.74, 6) is 0. The summed E-state index contributed by atoms with van der Waals surface area (Å²) in [4.78, 5) is 3.88. The standard InChI is InChI=1S/C10H12F6N2OS/c1-2-17-3-7-18-6(5-20-7)4-19-8(9(11,12)13)10(14,15)16/h5,8,17H,2-4H2,1H3. The zero-order valence-electron chi connectivity index (χ0n) is 10.3. The van der Waals surface area contributed by atoms with Crippen LogP contribution < -0.4 is 5.32 Å². The van der Waals surface area contributed by atoms with Crippen LogP contribution >= 0.6 is 11.3 Å². The third-order valence-electron chi connectivity index (χ3n) is 2.12. The van der Waals surface area contributed by atoms with E-state index in [0.717, 1.165) is 11.3 Å². The van der Waals surface area contributed by atoms with E-state index in [1.54, 1.807) is 0 Å². The lowest BCUT2D eigenvalue weighted by molar-refractivity contribution is -0.324. The third-order valence-corrected chi connectivity index (χ3v) is 3.02. The van der Waals surface area contributed by atoms with Gasteiger partial charge in [0.05, 0.1) is 12.3 Å². The van der Waals surface area contributed by atoms with E-state index in [2.05, 4.69) is 15.0 Å². The number of hydrogen-bond acceptors (Lipinski definition) is 4. The highest BCUT2D eigenvalue weighted by atomic mass is 32.1. The van der Waals surface area contributed by atoms with E-state index in [-0.39, 0.29) is 5.69 Å². The average molecular weight is 322 g/mol. The minimum absolute atomic E-state index is 0.0430. The molecule has 1 rings (SSSR count). The maximum Gasteiger partial charge on any atom is 0.423 e. The Morgan fingerprint density at radius 3 is 2.35 bits per heavy atom. The third kappa shape index (κ3) is 5.25. The summed E-state index contributed by atoms with van der Waals surface area (Å²) in [5, 5.41) is 4.88. The fourth-order valence-corrected chi connectivity index (χ4v) is 2.02. The predicted molar refractivity (Wildman–Crippen MR) is 60.2 cm³/mol. The van der Waals surface area contributed by atoms with E-state index >= 15 is 0 Å². The molecule has 0 saturated heterocycles. The van der Waals surface area contributed by atoms with Crippen molar-refractivity contribution in [2.45, 2.75) is 38.5 Å². The molecular weight excluding hydrogens is 310 g/mol. The van der Waals surface area contributed by atoms with Crippen molar-refractivity contribution < 1.29 is 31.1 Å². The van der Waals surface area contributed by atoms with Gasteiger partial charge in [0.25, 0.3) is 0 Å². The molecule has 0 aliphatic rings. The normalized spacial score (nSPS) is 13.2. The molecule has 1 heterocycles. The molecule has 0 spiro atoms. The topological polar surface area (TPSA) is 34.2 Å². The number of nitrogens with one attached hydrogen (secondary N) is 1. The lowest BCUT2D eigenvalue weighted by Gasteiger charge is -2.22. The Balaban J connectivity index is 2.62. The average Bonchev–Trinajstić information content (AvgIpc) is 2.70. The molecule has 0 amide bonds. The number of aromatic nitrogens is 1. The molecule has 1 aromatic heterocycles. The van der Waals surface area contributed by atoms with Crippen molar-refractivity contribution in [3.63, 3.8) is 0 Å². The van der Waals surface area contributed by atoms with Crippen LogP contribution in [0.2, 0.25) is 0 Å². The van der Waals surface area contributed by atoms with Crippen LogP contribution in [0.25, 0.3) is 0 Å². The first-order chi connectivity index (χ1) is 9.14. The quantitative estimate of drug-likeness (QED) is 0.816. The fourth-order valence-electron chi connectivity index (χ4n) is 1.27. The molecule has 0 unspecified atom stereocenters. The Morgan fingerprint density at radius 2 is 1.85 bits per heavy atom. The predicted octanol–water partition coefficient (Wildman–Crippen LogP) is 3.26. The van der Waals surface area contributed by atoms with Gasteiger partial charge in [-0.05, 0) is 6.54 Å². The monoisotopic (exact) mass is 322 g/mol. The van der Waals surface area contributed by atoms with Gasteiger partial charge in [-0.3, -0.25) is 0 Å². The van der Waals surface area contributed by atoms with Crippen LogP contribution in [-0.4, -0.2) is 30.0 Å². The van der Waals surface area contributed by atoms with Crippen molar-refractivity contribution in [1.29, 1.82) is 0 Å². The molecule has 1 aromatic rings. The Labute approximate surface area is 115 Å². The number of thiazole rings is 1. The molecule has 0 fully saturated rings. The van der Waals surface area contributed by atoms with Crippen LogP contribution in [-0.2, 0) is 17.9 Å². The van der Waals surface area contributed by atoms with Crippen molar-refractivity contribution >= 4 is 11.3 Å². The first-order valence-electron chi connectivity index (χ1n) is 5.53. The summed E-state index contributed by atoms with van der Waals surface area (Å²) >= 11 is 1.14. The molecule has 0 bridgehead atoms. The Hall–Kier alpha value is -0.870. The van der Waals surface area contributed by atoms with Gasteiger partial charge in [-0.25, -0.2) is 4.98 Å². The zero-order chi connectivity index (χ0) is 15.4. The van der Waals surface area contributed by atoms with Crippen LogP contribution in [0.15, 0.2) is 5.38 Å². The van der Waals surface area contributed by atoms with E-state index in [1.165, 1.54) is 5.38 Å². The fraction of sp³-hybridized carbons (Fsp3) is 0.700. The van der Waals surface area contributed by atoms with Crippen LogP contribution in [0, 0.1) is 0 Å². The van der Waals surface area contributed by atoms with Crippen molar-refractivity contribution in [2.75, 3.05) is 6.54 Å². The van der Waals surface area contributed by atoms with Crippen molar-refractivity contribution in [3.8, 4) is 0 Å². The molecule has 0 radical (unpaired) electrons. The largest absolute Gasteiger partial charge is 0.423 e. The minimum Gasteiger partial charge on any atom is -0.354 e. The number of halogens is 6. The molecule has 116 valence electrons. The summed E-state index contributed by atoms with van der Waals surface area (Å²) in [6, 6.07) is 0. The van der Waals surface area contributed by atoms with Gasteiger partial charge in [0.2, 0.25) is 6.10 Å². The first kappa shape index (κ1) is 17.2. The number of nitrogens with zero attached hydrogens (tertiary/aromatic N) is 1. The second kappa shape index (κ2) is 6.72. The Bertz CT molecular complexity index is 403. The molecule has 0 aliphatic carbocycles. The molecule has 0 aromatic carbocycles. The summed E-state index contributed by atoms with van der Waals surface area (Å²) < 4.78 is 77.3. The van der Waals surface area contributed by atoms with Gasteiger partial charge in [0.15, 0.2) is 0 Å². The van der Waals surface area contributed by atoms with Crippen LogP contribution in [0.5, 0.6) is 0 Å². The number of ether oxygens (including phenoxy) is 1. The van der Waals surface area contributed by atoms with Crippen molar-refractivity contribution in [1.82, 2.24) is 10.3 Å². The lowest BCUT2D eigenvalue weighted by Crippen LogP contribution is -2.44. The summed E-state index contributed by atoms with van der Waals surface area (Å²) in [6.07, 6.45) is -14.8. The van der Waals surface area contributed by atoms with Gasteiger partial charge in [0, 0.05) is 11.9 Å². The zero-order valence-corrected chi connectivity index (χ0v) is 11.1. The van der Waals surface area contributed by atoms with Crippen LogP contribution in [0.4, 0.5) is 26.3 Å². The molecule has 3 nitrogen and oxygen atoms in total. The second-order valence-electron chi connectivity index (χ2n) is 3.79. The Morgan fingerprint density at radius 1 is 1.25 bits per heavy atom. The smallest absolute Gasteiger partial charge is 0.354 e. The highest BCUT2D eigenvalue weighted by molar-refractivity contribution is 7.09. The molecule has 1 N–H and O–H groups in total. The first-order valence-corrected chi connectivity index (χ1v) is 6.41. The van der Waals surface area contributed by atoms with Gasteiger partial charge in [0.1, 0.15) is 5.01 Å². The Kier molecular flexibility index (Phi) is 5.78. The number of rotatable bonds is 6. The summed E-state index contributed by atoms with van der Waals surface area (Å²) in [6.45, 7) is 2.10. The van der Waals surface area contributed by atoms with Gasteiger partial charge in [-0.2, -0.15) is 26.3 Å². The summed E-state index contributed by atoms with van der Waals surface area (Å²) in [5.41, 5.74) is 0.0430. The van der Waals surface area contributed by atoms with E-state index in [0.29, 0.717) is 18.1 Å². The summed E-state index contributed by atoms with van der Waals surface area (Å²) in [7, 11) is 0. The maximum atomic E-state index is 12.2. The van der Waals surface area contributed by atoms with E-state index in [1.807, 2.05) is 6.92 Å². The minimum atomic E-state index is -5.50. The molecule has 0 atom stereocenters. The maximum absolute atomic E-state index is 12.2.